The monoisotopic (exact) mass is 593 g/mol. The molecule has 2 aliphatic heterocycles. The predicted molar refractivity (Wildman–Crippen MR) is 146 cm³/mol. The molecule has 2 aliphatic rings. The third-order valence-corrected chi connectivity index (χ3v) is 9.22. The molecule has 0 unspecified atom stereocenters. The van der Waals surface area contributed by atoms with Crippen molar-refractivity contribution in [3.63, 3.8) is 0 Å². The molecule has 2 aromatic rings. The molecular weight excluding hydrogens is 559 g/mol. The van der Waals surface area contributed by atoms with Gasteiger partial charge >= 0.3 is 6.09 Å². The molecule has 0 spiro atoms. The van der Waals surface area contributed by atoms with Gasteiger partial charge in [-0.25, -0.2) is 26.4 Å². The van der Waals surface area contributed by atoms with Crippen molar-refractivity contribution in [2.75, 3.05) is 13.1 Å². The zero-order valence-electron chi connectivity index (χ0n) is 23.4. The lowest BCUT2D eigenvalue weighted by atomic mass is 9.99. The van der Waals surface area contributed by atoms with Crippen molar-refractivity contribution in [2.45, 2.75) is 82.1 Å². The van der Waals surface area contributed by atoms with Crippen LogP contribution in [0.1, 0.15) is 58.2 Å². The van der Waals surface area contributed by atoms with Gasteiger partial charge in [0, 0.05) is 25.9 Å². The van der Waals surface area contributed by atoms with Gasteiger partial charge in [0.05, 0.1) is 28.9 Å². The van der Waals surface area contributed by atoms with E-state index in [0.29, 0.717) is 25.2 Å². The highest BCUT2D eigenvalue weighted by Crippen LogP contribution is 2.34. The van der Waals surface area contributed by atoms with Crippen LogP contribution in [0.15, 0.2) is 47.5 Å². The molecular formula is C29H34F3N3O5S. The first-order valence-corrected chi connectivity index (χ1v) is 14.9. The maximum Gasteiger partial charge on any atom is 0.410 e. The second kappa shape index (κ2) is 11.9. The Morgan fingerprint density at radius 3 is 2.44 bits per heavy atom. The summed E-state index contributed by atoms with van der Waals surface area (Å²) in [5, 5.41) is 0. The van der Waals surface area contributed by atoms with Gasteiger partial charge in [-0.15, -0.1) is 0 Å². The van der Waals surface area contributed by atoms with Gasteiger partial charge < -0.3 is 9.64 Å². The summed E-state index contributed by atoms with van der Waals surface area (Å²) in [4.78, 5) is 31.0. The number of alkyl halides is 1. The van der Waals surface area contributed by atoms with Crippen molar-refractivity contribution in [2.24, 2.45) is 0 Å². The van der Waals surface area contributed by atoms with Gasteiger partial charge in [-0.1, -0.05) is 6.08 Å². The molecule has 1 aromatic heterocycles. The highest BCUT2D eigenvalue weighted by molar-refractivity contribution is 7.89. The molecule has 1 amide bonds. The molecule has 222 valence electrons. The maximum atomic E-state index is 14.7. The van der Waals surface area contributed by atoms with Crippen molar-refractivity contribution >= 4 is 27.5 Å². The van der Waals surface area contributed by atoms with E-state index in [-0.39, 0.29) is 29.7 Å². The Labute approximate surface area is 238 Å². The van der Waals surface area contributed by atoms with Crippen LogP contribution in [0, 0.1) is 11.6 Å². The summed E-state index contributed by atoms with van der Waals surface area (Å²) in [5.74, 6) is -1.78. The number of benzene rings is 1. The van der Waals surface area contributed by atoms with E-state index < -0.39 is 57.4 Å². The number of ether oxygens (including phenoxy) is 1. The van der Waals surface area contributed by atoms with Crippen LogP contribution < -0.4 is 0 Å². The molecule has 3 heterocycles. The molecule has 12 heteroatoms. The van der Waals surface area contributed by atoms with Crippen molar-refractivity contribution in [1.29, 1.82) is 0 Å². The first-order valence-electron chi connectivity index (χ1n) is 13.4. The summed E-state index contributed by atoms with van der Waals surface area (Å²) in [6.07, 6.45) is 0.803. The predicted octanol–water partition coefficient (Wildman–Crippen LogP) is 5.08. The van der Waals surface area contributed by atoms with E-state index in [4.69, 9.17) is 4.74 Å². The van der Waals surface area contributed by atoms with Crippen molar-refractivity contribution in [1.82, 2.24) is 14.2 Å². The SMILES string of the molecule is C[C@H]1[C@H](F)C[C@@H](C(=O)CCc2cc(C3=CCN(C(=O)OC(C)(C)C)CC3)ncc2F)N1S(=O)(=O)c1ccc(F)cc1. The van der Waals surface area contributed by atoms with Crippen LogP contribution in [0.5, 0.6) is 0 Å². The van der Waals surface area contributed by atoms with Crippen molar-refractivity contribution in [3.05, 3.63) is 65.5 Å². The number of rotatable bonds is 7. The number of carbonyl (C=O) groups excluding carboxylic acids is 2. The van der Waals surface area contributed by atoms with Crippen LogP contribution in [0.4, 0.5) is 18.0 Å². The van der Waals surface area contributed by atoms with Gasteiger partial charge in [0.2, 0.25) is 10.0 Å². The van der Waals surface area contributed by atoms with Crippen LogP contribution in [0.2, 0.25) is 0 Å². The van der Waals surface area contributed by atoms with E-state index in [1.165, 1.54) is 6.92 Å². The summed E-state index contributed by atoms with van der Waals surface area (Å²) in [6.45, 7) is 7.45. The Morgan fingerprint density at radius 1 is 1.15 bits per heavy atom. The van der Waals surface area contributed by atoms with E-state index >= 15 is 0 Å². The summed E-state index contributed by atoms with van der Waals surface area (Å²) >= 11 is 0. The fourth-order valence-electron chi connectivity index (χ4n) is 5.01. The molecule has 0 saturated carbocycles. The van der Waals surface area contributed by atoms with Gasteiger partial charge in [-0.3, -0.25) is 9.78 Å². The molecule has 4 rings (SSSR count). The minimum atomic E-state index is -4.29. The first kappa shape index (κ1) is 30.7. The van der Waals surface area contributed by atoms with Gasteiger partial charge in [0.1, 0.15) is 23.4 Å². The van der Waals surface area contributed by atoms with Crippen LogP contribution >= 0.6 is 0 Å². The van der Waals surface area contributed by atoms with Crippen molar-refractivity contribution in [3.8, 4) is 0 Å². The zero-order valence-corrected chi connectivity index (χ0v) is 24.3. The lowest BCUT2D eigenvalue weighted by molar-refractivity contribution is -0.122. The number of Topliss-reactive ketones (excluding diaryl/α,β-unsaturated/α-hetero) is 1. The molecule has 0 N–H and O–H groups in total. The van der Waals surface area contributed by atoms with Gasteiger partial charge in [0.25, 0.3) is 0 Å². The minimum absolute atomic E-state index is 0.0379. The van der Waals surface area contributed by atoms with E-state index in [2.05, 4.69) is 4.98 Å². The maximum absolute atomic E-state index is 14.7. The second-order valence-corrected chi connectivity index (χ2v) is 13.2. The first-order chi connectivity index (χ1) is 19.2. The summed E-state index contributed by atoms with van der Waals surface area (Å²) in [5.41, 5.74) is 0.931. The topological polar surface area (TPSA) is 96.9 Å². The number of hydrogen-bond donors (Lipinski definition) is 0. The van der Waals surface area contributed by atoms with E-state index in [1.54, 1.807) is 31.7 Å². The quantitative estimate of drug-likeness (QED) is 0.445. The molecule has 1 aromatic carbocycles. The summed E-state index contributed by atoms with van der Waals surface area (Å²) in [6, 6.07) is 3.30. The highest BCUT2D eigenvalue weighted by Gasteiger charge is 2.48. The standard InChI is InChI=1S/C29H34F3N3O5S/c1-18-23(31)16-26(35(18)41(38,39)22-8-6-21(30)7-9-22)27(36)10-5-20-15-25(33-17-24(20)32)19-11-13-34(14-12-19)28(37)40-29(2,3)4/h6-9,11,15,17-18,23,26H,5,10,12-14,16H2,1-4H3/t18-,23+,26-/m0/s1. The normalized spacial score (nSPS) is 22.0. The highest BCUT2D eigenvalue weighted by atomic mass is 32.2. The van der Waals surface area contributed by atoms with E-state index in [0.717, 1.165) is 40.3 Å². The Hall–Kier alpha value is -3.25. The average molecular weight is 594 g/mol. The Kier molecular flexibility index (Phi) is 8.93. The zero-order chi connectivity index (χ0) is 30.1. The number of ketones is 1. The largest absolute Gasteiger partial charge is 0.444 e. The number of sulfonamides is 1. The number of amides is 1. The number of pyridine rings is 1. The number of halogens is 3. The minimum Gasteiger partial charge on any atom is -0.444 e. The molecule has 41 heavy (non-hydrogen) atoms. The molecule has 3 atom stereocenters. The third kappa shape index (κ3) is 6.98. The van der Waals surface area contributed by atoms with Gasteiger partial charge in [-0.05, 0) is 82.0 Å². The van der Waals surface area contributed by atoms with Gasteiger partial charge in [-0.2, -0.15) is 4.31 Å². The second-order valence-electron chi connectivity index (χ2n) is 11.3. The van der Waals surface area contributed by atoms with Crippen LogP contribution in [0.3, 0.4) is 0 Å². The molecule has 8 nitrogen and oxygen atoms in total. The molecule has 1 saturated heterocycles. The number of aryl methyl sites for hydroxylation is 1. The Balaban J connectivity index is 1.46. The smallest absolute Gasteiger partial charge is 0.410 e. The number of hydrogen-bond acceptors (Lipinski definition) is 6. The number of carbonyl (C=O) groups is 2. The van der Waals surface area contributed by atoms with E-state index in [9.17, 15) is 31.2 Å². The van der Waals surface area contributed by atoms with Crippen molar-refractivity contribution < 1.29 is 35.9 Å². The van der Waals surface area contributed by atoms with Gasteiger partial charge in [0.15, 0.2) is 5.78 Å². The summed E-state index contributed by atoms with van der Waals surface area (Å²) in [7, 11) is -4.29. The fraction of sp³-hybridized carbons (Fsp3) is 0.483. The molecule has 0 aliphatic carbocycles. The summed E-state index contributed by atoms with van der Waals surface area (Å²) < 4.78 is 75.5. The lowest BCUT2D eigenvalue weighted by Gasteiger charge is -2.29. The Bertz CT molecular complexity index is 1440. The lowest BCUT2D eigenvalue weighted by Crippen LogP contribution is -2.44. The molecule has 0 radical (unpaired) electrons. The molecule has 0 bridgehead atoms. The van der Waals surface area contributed by atoms with Crippen LogP contribution in [0.25, 0.3) is 5.57 Å². The number of aromatic nitrogens is 1. The number of nitrogens with zero attached hydrogens (tertiary/aromatic N) is 3. The molecule has 1 fully saturated rings. The van der Waals surface area contributed by atoms with E-state index in [1.807, 2.05) is 6.08 Å². The Morgan fingerprint density at radius 2 is 1.83 bits per heavy atom. The third-order valence-electron chi connectivity index (χ3n) is 7.21. The van der Waals surface area contributed by atoms with Crippen LogP contribution in [-0.4, -0.2) is 71.4 Å². The average Bonchev–Trinajstić information content (AvgIpc) is 3.22. The van der Waals surface area contributed by atoms with Crippen LogP contribution in [-0.2, 0) is 26.0 Å². The fourth-order valence-corrected chi connectivity index (χ4v) is 6.84.